The van der Waals surface area contributed by atoms with Crippen LogP contribution in [0.5, 0.6) is 0 Å². The summed E-state index contributed by atoms with van der Waals surface area (Å²) < 4.78 is 4.87. The molecule has 0 unspecified atom stereocenters. The van der Waals surface area contributed by atoms with Gasteiger partial charge in [0.1, 0.15) is 5.84 Å². The van der Waals surface area contributed by atoms with Crippen molar-refractivity contribution < 1.29 is 14.3 Å². The molecule has 1 aromatic rings. The fourth-order valence-corrected chi connectivity index (χ4v) is 2.52. The number of carbonyl (C=O) groups is 2. The smallest absolute Gasteiger partial charge is 0.334 e. The molecular weight excluding hydrogens is 256 g/mol. The lowest BCUT2D eigenvalue weighted by atomic mass is 9.92. The van der Waals surface area contributed by atoms with Gasteiger partial charge >= 0.3 is 5.97 Å². The van der Waals surface area contributed by atoms with Crippen LogP contribution in [0.2, 0.25) is 0 Å². The monoisotopic (exact) mass is 274 g/mol. The van der Waals surface area contributed by atoms with Crippen LogP contribution in [-0.2, 0) is 9.53 Å². The molecule has 0 spiro atoms. The zero-order valence-electron chi connectivity index (χ0n) is 12.1. The molecule has 0 aliphatic carbocycles. The molecule has 2 atom stereocenters. The molecule has 0 bridgehead atoms. The average Bonchev–Trinajstić information content (AvgIpc) is 2.69. The first-order valence-corrected chi connectivity index (χ1v) is 6.45. The quantitative estimate of drug-likeness (QED) is 0.774. The van der Waals surface area contributed by atoms with Crippen LogP contribution in [0, 0.1) is 0 Å². The first-order chi connectivity index (χ1) is 9.42. The van der Waals surface area contributed by atoms with E-state index in [-0.39, 0.29) is 11.9 Å². The van der Waals surface area contributed by atoms with Crippen molar-refractivity contribution >= 4 is 17.7 Å². The van der Waals surface area contributed by atoms with Crippen molar-refractivity contribution in [1.29, 1.82) is 0 Å². The lowest BCUT2D eigenvalue weighted by Gasteiger charge is -2.34. The number of ether oxygens (including phenoxy) is 1. The number of methoxy groups -OCH3 is 1. The minimum Gasteiger partial charge on any atom is -0.467 e. The van der Waals surface area contributed by atoms with Gasteiger partial charge in [-0.15, -0.1) is 0 Å². The molecule has 1 aliphatic rings. The van der Waals surface area contributed by atoms with E-state index in [1.54, 1.807) is 45.0 Å². The van der Waals surface area contributed by atoms with E-state index in [1.165, 1.54) is 12.0 Å². The van der Waals surface area contributed by atoms with Gasteiger partial charge < -0.3 is 4.74 Å². The highest BCUT2D eigenvalue weighted by molar-refractivity contribution is 6.11. The molecule has 1 amide bonds. The van der Waals surface area contributed by atoms with E-state index in [9.17, 15) is 9.59 Å². The number of rotatable bonds is 2. The van der Waals surface area contributed by atoms with E-state index in [4.69, 9.17) is 4.74 Å². The zero-order valence-corrected chi connectivity index (χ0v) is 12.1. The Morgan fingerprint density at radius 2 is 1.90 bits per heavy atom. The van der Waals surface area contributed by atoms with Crippen LogP contribution in [0.25, 0.3) is 0 Å². The van der Waals surface area contributed by atoms with Crippen LogP contribution in [0.4, 0.5) is 0 Å². The highest BCUT2D eigenvalue weighted by Crippen LogP contribution is 2.31. The molecule has 0 saturated carbocycles. The third-order valence-electron chi connectivity index (χ3n) is 3.80. The summed E-state index contributed by atoms with van der Waals surface area (Å²) in [6.45, 7) is 5.22. The molecule has 0 fully saturated rings. The molecule has 5 nitrogen and oxygen atoms in total. The topological polar surface area (TPSA) is 59.0 Å². The van der Waals surface area contributed by atoms with Gasteiger partial charge in [-0.3, -0.25) is 14.7 Å². The van der Waals surface area contributed by atoms with E-state index in [1.807, 2.05) is 6.07 Å². The Labute approximate surface area is 118 Å². The maximum atomic E-state index is 12.7. The fraction of sp³-hybridized carbons (Fsp3) is 0.400. The third-order valence-corrected chi connectivity index (χ3v) is 3.80. The number of benzene rings is 1. The third kappa shape index (κ3) is 1.99. The SMILES string of the molecule is COC(=O)[C@]1(C)[C@H](C)N=C(C)N1C(=O)c1ccccc1. The predicted octanol–water partition coefficient (Wildman–Crippen LogP) is 1.88. The standard InChI is InChI=1S/C15H18N2O3/c1-10-15(3,14(19)20-4)17(11(2)16-10)13(18)12-8-6-5-7-9-12/h5-10H,1-4H3/t10-,15-/m0/s1. The van der Waals surface area contributed by atoms with Crippen molar-refractivity contribution in [3.05, 3.63) is 35.9 Å². The molecule has 0 N–H and O–H groups in total. The number of aliphatic imine (C=N–C) groups is 1. The average molecular weight is 274 g/mol. The van der Waals surface area contributed by atoms with E-state index >= 15 is 0 Å². The van der Waals surface area contributed by atoms with Crippen molar-refractivity contribution in [3.8, 4) is 0 Å². The number of hydrogen-bond acceptors (Lipinski definition) is 4. The normalized spacial score (nSPS) is 25.3. The first kappa shape index (κ1) is 14.2. The highest BCUT2D eigenvalue weighted by Gasteiger charge is 2.53. The predicted molar refractivity (Wildman–Crippen MR) is 75.6 cm³/mol. The molecule has 20 heavy (non-hydrogen) atoms. The van der Waals surface area contributed by atoms with Gasteiger partial charge in [0.25, 0.3) is 5.91 Å². The Bertz CT molecular complexity index is 568. The minimum atomic E-state index is -1.11. The summed E-state index contributed by atoms with van der Waals surface area (Å²) in [5.74, 6) is -0.182. The van der Waals surface area contributed by atoms with Crippen molar-refractivity contribution in [2.24, 2.45) is 4.99 Å². The molecule has 2 rings (SSSR count). The van der Waals surface area contributed by atoms with E-state index in [2.05, 4.69) is 4.99 Å². The van der Waals surface area contributed by atoms with Gasteiger partial charge in [-0.1, -0.05) is 18.2 Å². The van der Waals surface area contributed by atoms with Crippen LogP contribution < -0.4 is 0 Å². The van der Waals surface area contributed by atoms with Crippen molar-refractivity contribution in [1.82, 2.24) is 4.90 Å². The summed E-state index contributed by atoms with van der Waals surface area (Å²) >= 11 is 0. The fourth-order valence-electron chi connectivity index (χ4n) is 2.52. The molecule has 1 aliphatic heterocycles. The minimum absolute atomic E-state index is 0.246. The number of amidine groups is 1. The number of hydrogen-bond donors (Lipinski definition) is 0. The Hall–Kier alpha value is -2.17. The molecule has 106 valence electrons. The molecule has 0 saturated heterocycles. The first-order valence-electron chi connectivity index (χ1n) is 6.45. The van der Waals surface area contributed by atoms with Gasteiger partial charge in [0, 0.05) is 5.56 Å². The Kier molecular flexibility index (Phi) is 3.61. The van der Waals surface area contributed by atoms with Gasteiger partial charge in [-0.25, -0.2) is 4.79 Å². The van der Waals surface area contributed by atoms with Crippen LogP contribution in [-0.4, -0.2) is 41.3 Å². The van der Waals surface area contributed by atoms with E-state index in [0.29, 0.717) is 11.4 Å². The summed E-state index contributed by atoms with van der Waals surface area (Å²) in [5, 5.41) is 0. The van der Waals surface area contributed by atoms with Gasteiger partial charge in [0.15, 0.2) is 5.54 Å². The van der Waals surface area contributed by atoms with Crippen molar-refractivity contribution in [2.75, 3.05) is 7.11 Å². The maximum Gasteiger partial charge on any atom is 0.334 e. The van der Waals surface area contributed by atoms with Crippen LogP contribution >= 0.6 is 0 Å². The van der Waals surface area contributed by atoms with Crippen LogP contribution in [0.15, 0.2) is 35.3 Å². The second-order valence-electron chi connectivity index (χ2n) is 5.00. The summed E-state index contributed by atoms with van der Waals surface area (Å²) in [7, 11) is 1.32. The van der Waals surface area contributed by atoms with Gasteiger partial charge in [-0.05, 0) is 32.9 Å². The second kappa shape index (κ2) is 5.07. The molecule has 0 radical (unpaired) electrons. The summed E-state index contributed by atoms with van der Waals surface area (Å²) in [5.41, 5.74) is -0.586. The summed E-state index contributed by atoms with van der Waals surface area (Å²) in [6, 6.07) is 8.50. The number of amides is 1. The lowest BCUT2D eigenvalue weighted by Crippen LogP contribution is -2.58. The van der Waals surface area contributed by atoms with Gasteiger partial charge in [0.05, 0.1) is 13.2 Å². The van der Waals surface area contributed by atoms with Crippen LogP contribution in [0.1, 0.15) is 31.1 Å². The largest absolute Gasteiger partial charge is 0.467 e. The second-order valence-corrected chi connectivity index (χ2v) is 5.00. The molecule has 0 aromatic heterocycles. The summed E-state index contributed by atoms with van der Waals surface area (Å²) in [6.07, 6.45) is 0. The van der Waals surface area contributed by atoms with Crippen LogP contribution in [0.3, 0.4) is 0 Å². The van der Waals surface area contributed by atoms with Crippen molar-refractivity contribution in [2.45, 2.75) is 32.4 Å². The summed E-state index contributed by atoms with van der Waals surface area (Å²) in [4.78, 5) is 30.6. The molecule has 1 heterocycles. The van der Waals surface area contributed by atoms with Gasteiger partial charge in [-0.2, -0.15) is 0 Å². The Balaban J connectivity index is 2.45. The maximum absolute atomic E-state index is 12.7. The number of carbonyl (C=O) groups excluding carboxylic acids is 2. The molecule has 5 heteroatoms. The zero-order chi connectivity index (χ0) is 14.9. The number of esters is 1. The van der Waals surface area contributed by atoms with Gasteiger partial charge in [0.2, 0.25) is 0 Å². The lowest BCUT2D eigenvalue weighted by molar-refractivity contribution is -0.150. The van der Waals surface area contributed by atoms with Crippen molar-refractivity contribution in [3.63, 3.8) is 0 Å². The molecular formula is C15H18N2O3. The van der Waals surface area contributed by atoms with E-state index < -0.39 is 11.5 Å². The Morgan fingerprint density at radius 1 is 1.30 bits per heavy atom. The number of nitrogens with zero attached hydrogens (tertiary/aromatic N) is 2. The molecule has 1 aromatic carbocycles. The Morgan fingerprint density at radius 3 is 2.45 bits per heavy atom. The highest BCUT2D eigenvalue weighted by atomic mass is 16.5. The van der Waals surface area contributed by atoms with E-state index in [0.717, 1.165) is 0 Å².